The summed E-state index contributed by atoms with van der Waals surface area (Å²) in [6, 6.07) is 12.2. The molecule has 0 unspecified atom stereocenters. The van der Waals surface area contributed by atoms with Gasteiger partial charge in [0, 0.05) is 18.7 Å². The van der Waals surface area contributed by atoms with Gasteiger partial charge < -0.3 is 9.47 Å². The number of para-hydroxylation sites is 1. The van der Waals surface area contributed by atoms with Gasteiger partial charge >= 0.3 is 0 Å². The molecule has 0 heterocycles. The fourth-order valence-electron chi connectivity index (χ4n) is 1.95. The lowest BCUT2D eigenvalue weighted by Crippen LogP contribution is -2.01. The third-order valence-corrected chi connectivity index (χ3v) is 2.86. The maximum atomic E-state index is 11.1. The zero-order chi connectivity index (χ0) is 14.5. The van der Waals surface area contributed by atoms with E-state index in [1.54, 1.807) is 18.2 Å². The topological polar surface area (TPSA) is 61.6 Å². The fourth-order valence-corrected chi connectivity index (χ4v) is 1.95. The van der Waals surface area contributed by atoms with Crippen LogP contribution in [0.25, 0.3) is 11.1 Å². The van der Waals surface area contributed by atoms with E-state index in [1.165, 1.54) is 13.2 Å². The molecule has 0 aliphatic rings. The van der Waals surface area contributed by atoms with E-state index in [4.69, 9.17) is 9.47 Å². The first kappa shape index (κ1) is 14.0. The molecule has 2 aromatic rings. The highest BCUT2D eigenvalue weighted by Gasteiger charge is 2.17. The number of methoxy groups -OCH3 is 1. The van der Waals surface area contributed by atoms with Crippen LogP contribution in [0.1, 0.15) is 5.56 Å². The van der Waals surface area contributed by atoms with Gasteiger partial charge in [-0.1, -0.05) is 24.3 Å². The highest BCUT2D eigenvalue weighted by atomic mass is 16.7. The molecular formula is C15H15NO4. The van der Waals surface area contributed by atoms with Gasteiger partial charge in [-0.05, 0) is 24.6 Å². The second kappa shape index (κ2) is 6.16. The van der Waals surface area contributed by atoms with Crippen LogP contribution in [0.4, 0.5) is 5.69 Å². The number of nitro benzene ring substituents is 1. The van der Waals surface area contributed by atoms with Crippen molar-refractivity contribution in [3.63, 3.8) is 0 Å². The molecule has 0 atom stereocenters. The fraction of sp³-hybridized carbons (Fsp3) is 0.200. The Bertz CT molecular complexity index is 625. The van der Waals surface area contributed by atoms with E-state index in [9.17, 15) is 10.1 Å². The van der Waals surface area contributed by atoms with Gasteiger partial charge in [-0.25, -0.2) is 0 Å². The Morgan fingerprint density at radius 2 is 1.90 bits per heavy atom. The van der Waals surface area contributed by atoms with E-state index >= 15 is 0 Å². The van der Waals surface area contributed by atoms with E-state index in [0.717, 1.165) is 5.56 Å². The summed E-state index contributed by atoms with van der Waals surface area (Å²) in [5.74, 6) is 0.571. The van der Waals surface area contributed by atoms with Crippen LogP contribution < -0.4 is 4.74 Å². The van der Waals surface area contributed by atoms with E-state index in [-0.39, 0.29) is 12.5 Å². The van der Waals surface area contributed by atoms with Crippen molar-refractivity contribution in [3.8, 4) is 16.9 Å². The van der Waals surface area contributed by atoms with Crippen LogP contribution >= 0.6 is 0 Å². The molecular weight excluding hydrogens is 258 g/mol. The van der Waals surface area contributed by atoms with Gasteiger partial charge in [0.15, 0.2) is 6.79 Å². The minimum Gasteiger partial charge on any atom is -0.467 e. The summed E-state index contributed by atoms with van der Waals surface area (Å²) >= 11 is 0. The van der Waals surface area contributed by atoms with E-state index in [2.05, 4.69) is 0 Å². The monoisotopic (exact) mass is 273 g/mol. The molecule has 0 N–H and O–H groups in total. The highest BCUT2D eigenvalue weighted by molar-refractivity contribution is 5.78. The summed E-state index contributed by atoms with van der Waals surface area (Å²) in [6.45, 7) is 2.03. The molecule has 0 spiro atoms. The largest absolute Gasteiger partial charge is 0.467 e. The molecule has 104 valence electrons. The molecule has 20 heavy (non-hydrogen) atoms. The summed E-state index contributed by atoms with van der Waals surface area (Å²) in [5, 5.41) is 11.1. The molecule has 5 heteroatoms. The van der Waals surface area contributed by atoms with Crippen molar-refractivity contribution in [2.24, 2.45) is 0 Å². The first-order valence-corrected chi connectivity index (χ1v) is 6.09. The number of benzene rings is 2. The molecule has 0 saturated heterocycles. The Hall–Kier alpha value is -2.40. The highest BCUT2D eigenvalue weighted by Crippen LogP contribution is 2.36. The van der Waals surface area contributed by atoms with Gasteiger partial charge in [-0.15, -0.1) is 0 Å². The third kappa shape index (κ3) is 2.95. The zero-order valence-electron chi connectivity index (χ0n) is 11.3. The van der Waals surface area contributed by atoms with Crippen molar-refractivity contribution >= 4 is 5.69 Å². The lowest BCUT2D eigenvalue weighted by molar-refractivity contribution is -0.384. The van der Waals surface area contributed by atoms with Gasteiger partial charge in [0.25, 0.3) is 5.69 Å². The van der Waals surface area contributed by atoms with Crippen molar-refractivity contribution < 1.29 is 14.4 Å². The molecule has 0 amide bonds. The molecule has 0 aliphatic heterocycles. The third-order valence-electron chi connectivity index (χ3n) is 2.86. The summed E-state index contributed by atoms with van der Waals surface area (Å²) < 4.78 is 10.4. The molecule has 0 fully saturated rings. The number of hydrogen-bond donors (Lipinski definition) is 0. The van der Waals surface area contributed by atoms with Crippen molar-refractivity contribution in [1.82, 2.24) is 0 Å². The molecule has 0 radical (unpaired) electrons. The number of rotatable bonds is 5. The number of nitro groups is 1. The lowest BCUT2D eigenvalue weighted by atomic mass is 10.0. The molecule has 5 nitrogen and oxygen atoms in total. The average Bonchev–Trinajstić information content (AvgIpc) is 2.45. The van der Waals surface area contributed by atoms with Crippen LogP contribution in [-0.2, 0) is 4.74 Å². The SMILES string of the molecule is COCOc1cc(C)ccc1-c1ccccc1[N+](=O)[O-]. The second-order valence-electron chi connectivity index (χ2n) is 4.32. The lowest BCUT2D eigenvalue weighted by Gasteiger charge is -2.12. The molecule has 2 aromatic carbocycles. The molecule has 0 aliphatic carbocycles. The van der Waals surface area contributed by atoms with Gasteiger partial charge in [0.2, 0.25) is 0 Å². The second-order valence-corrected chi connectivity index (χ2v) is 4.32. The molecule has 2 rings (SSSR count). The summed E-state index contributed by atoms with van der Waals surface area (Å²) in [7, 11) is 1.53. The van der Waals surface area contributed by atoms with Gasteiger partial charge in [-0.3, -0.25) is 10.1 Å². The maximum Gasteiger partial charge on any atom is 0.277 e. The van der Waals surface area contributed by atoms with Gasteiger partial charge in [-0.2, -0.15) is 0 Å². The standard InChI is InChI=1S/C15H15NO4/c1-11-7-8-13(15(9-11)20-10-19-2)12-5-3-4-6-14(12)16(17)18/h3-9H,10H2,1-2H3. The van der Waals surface area contributed by atoms with Crippen LogP contribution in [0, 0.1) is 17.0 Å². The summed E-state index contributed by atoms with van der Waals surface area (Å²) in [5.41, 5.74) is 2.28. The van der Waals surface area contributed by atoms with Crippen LogP contribution in [0.3, 0.4) is 0 Å². The van der Waals surface area contributed by atoms with Crippen molar-refractivity contribution in [1.29, 1.82) is 0 Å². The summed E-state index contributed by atoms with van der Waals surface area (Å²) in [6.07, 6.45) is 0. The number of hydrogen-bond acceptors (Lipinski definition) is 4. The first-order valence-electron chi connectivity index (χ1n) is 6.09. The van der Waals surface area contributed by atoms with Crippen molar-refractivity contribution in [2.75, 3.05) is 13.9 Å². The van der Waals surface area contributed by atoms with Gasteiger partial charge in [0.1, 0.15) is 5.75 Å². The zero-order valence-corrected chi connectivity index (χ0v) is 11.3. The van der Waals surface area contributed by atoms with Crippen LogP contribution in [0.5, 0.6) is 5.75 Å². The van der Waals surface area contributed by atoms with Crippen LogP contribution in [0.15, 0.2) is 42.5 Å². The Morgan fingerprint density at radius 3 is 2.60 bits per heavy atom. The minimum atomic E-state index is -0.394. The molecule has 0 bridgehead atoms. The van der Waals surface area contributed by atoms with Gasteiger partial charge in [0.05, 0.1) is 10.5 Å². The van der Waals surface area contributed by atoms with Crippen LogP contribution in [0.2, 0.25) is 0 Å². The summed E-state index contributed by atoms with van der Waals surface area (Å²) in [4.78, 5) is 10.7. The Balaban J connectivity index is 2.54. The average molecular weight is 273 g/mol. The van der Waals surface area contributed by atoms with Crippen LogP contribution in [-0.4, -0.2) is 18.8 Å². The Kier molecular flexibility index (Phi) is 4.32. The number of aryl methyl sites for hydroxylation is 1. The quantitative estimate of drug-likeness (QED) is 0.475. The van der Waals surface area contributed by atoms with Crippen molar-refractivity contribution in [3.05, 3.63) is 58.1 Å². The first-order chi connectivity index (χ1) is 9.63. The Labute approximate surface area is 116 Å². The van der Waals surface area contributed by atoms with Crippen molar-refractivity contribution in [2.45, 2.75) is 6.92 Å². The molecule has 0 aromatic heterocycles. The van der Waals surface area contributed by atoms with E-state index in [0.29, 0.717) is 16.9 Å². The minimum absolute atomic E-state index is 0.0543. The van der Waals surface area contributed by atoms with E-state index in [1.807, 2.05) is 25.1 Å². The maximum absolute atomic E-state index is 11.1. The van der Waals surface area contributed by atoms with E-state index < -0.39 is 4.92 Å². The Morgan fingerprint density at radius 1 is 1.15 bits per heavy atom. The predicted molar refractivity (Wildman–Crippen MR) is 75.8 cm³/mol. The molecule has 0 saturated carbocycles. The normalized spacial score (nSPS) is 10.3. The smallest absolute Gasteiger partial charge is 0.277 e. The number of ether oxygens (including phenoxy) is 2. The number of nitrogens with zero attached hydrogens (tertiary/aromatic N) is 1. The predicted octanol–water partition coefficient (Wildman–Crippen LogP) is 3.55.